The number of aliphatic hydroxyl groups excluding tert-OH is 7. The fourth-order valence-electron chi connectivity index (χ4n) is 5.12. The average molecular weight is 706 g/mol. The molecule has 0 spiro atoms. The van der Waals surface area contributed by atoms with Crippen molar-refractivity contribution in [3.8, 4) is 0 Å². The van der Waals surface area contributed by atoms with E-state index in [0.29, 0.717) is 0 Å². The first kappa shape index (κ1) is 39.0. The summed E-state index contributed by atoms with van der Waals surface area (Å²) in [5.74, 6) is -2.59. The molecule has 0 aromatic heterocycles. The number of ether oxygens (including phenoxy) is 5. The van der Waals surface area contributed by atoms with Gasteiger partial charge in [-0.25, -0.2) is 0 Å². The highest BCUT2D eigenvalue weighted by molar-refractivity contribution is 8.76. The van der Waals surface area contributed by atoms with Crippen molar-refractivity contribution in [2.24, 2.45) is 5.73 Å². The quantitative estimate of drug-likeness (QED) is 0.0796. The second-order valence-electron chi connectivity index (χ2n) is 11.1. The molecule has 3 heterocycles. The van der Waals surface area contributed by atoms with Gasteiger partial charge in [0.2, 0.25) is 11.8 Å². The summed E-state index contributed by atoms with van der Waals surface area (Å²) < 4.78 is 29.6. The molecule has 3 aliphatic rings. The highest BCUT2D eigenvalue weighted by atomic mass is 33.1. The van der Waals surface area contributed by atoms with Crippen molar-refractivity contribution in [3.05, 3.63) is 0 Å². The number of carboxylic acid groups (broad SMARTS) is 1. The maximum atomic E-state index is 12.4. The third-order valence-corrected chi connectivity index (χ3v) is 10.2. The molecule has 0 saturated carbocycles. The molecule has 0 bridgehead atoms. The second-order valence-corrected chi connectivity index (χ2v) is 13.6. The number of nitrogens with two attached hydrogens (primary N) is 1. The first-order chi connectivity index (χ1) is 21.6. The highest BCUT2D eigenvalue weighted by Gasteiger charge is 2.54. The first-order valence-electron chi connectivity index (χ1n) is 14.3. The lowest BCUT2D eigenvalue weighted by atomic mass is 9.94. The monoisotopic (exact) mass is 705 g/mol. The van der Waals surface area contributed by atoms with Crippen LogP contribution in [-0.4, -0.2) is 175 Å². The number of carboxylic acids is 1. The van der Waals surface area contributed by atoms with Crippen LogP contribution >= 0.6 is 21.6 Å². The predicted molar refractivity (Wildman–Crippen MR) is 156 cm³/mol. The first-order valence-corrected chi connectivity index (χ1v) is 16.7. The fraction of sp³-hybridized carbons (Fsp3) is 0.880. The Morgan fingerprint density at radius 3 is 1.93 bits per heavy atom. The minimum absolute atomic E-state index is 0.0922. The van der Waals surface area contributed by atoms with Gasteiger partial charge in [0.25, 0.3) is 0 Å². The summed E-state index contributed by atoms with van der Waals surface area (Å²) in [5, 5.41) is 86.9. The zero-order chi connectivity index (χ0) is 34.5. The molecule has 12 N–H and O–H groups in total. The minimum atomic E-state index is -1.82. The molecule has 0 aromatic carbocycles. The van der Waals surface area contributed by atoms with Crippen molar-refractivity contribution < 1.29 is 78.9 Å². The van der Waals surface area contributed by atoms with E-state index in [1.807, 2.05) is 0 Å². The van der Waals surface area contributed by atoms with Gasteiger partial charge in [0.15, 0.2) is 12.6 Å². The van der Waals surface area contributed by atoms with Crippen molar-refractivity contribution in [2.45, 2.75) is 118 Å². The molecule has 0 aromatic rings. The van der Waals surface area contributed by atoms with Crippen molar-refractivity contribution in [3.63, 3.8) is 0 Å². The molecule has 3 aliphatic heterocycles. The van der Waals surface area contributed by atoms with Gasteiger partial charge in [-0.1, -0.05) is 21.6 Å². The number of rotatable bonds is 13. The Morgan fingerprint density at radius 1 is 0.783 bits per heavy atom. The number of amides is 2. The Bertz CT molecular complexity index is 1040. The largest absolute Gasteiger partial charge is 0.480 e. The number of aliphatic carboxylic acids is 1. The summed E-state index contributed by atoms with van der Waals surface area (Å²) in [4.78, 5) is 35.6. The van der Waals surface area contributed by atoms with Crippen LogP contribution < -0.4 is 16.4 Å². The van der Waals surface area contributed by atoms with E-state index in [0.717, 1.165) is 28.5 Å². The zero-order valence-corrected chi connectivity index (χ0v) is 26.7. The van der Waals surface area contributed by atoms with E-state index in [9.17, 15) is 50.1 Å². The lowest BCUT2D eigenvalue weighted by molar-refractivity contribution is -0.348. The molecule has 3 rings (SSSR count). The summed E-state index contributed by atoms with van der Waals surface area (Å²) in [6.07, 6.45) is -18.3. The van der Waals surface area contributed by atoms with Crippen LogP contribution in [0.2, 0.25) is 0 Å². The van der Waals surface area contributed by atoms with E-state index in [-0.39, 0.29) is 5.75 Å². The van der Waals surface area contributed by atoms with Crippen molar-refractivity contribution >= 4 is 39.4 Å². The van der Waals surface area contributed by atoms with Crippen LogP contribution in [0.4, 0.5) is 0 Å². The summed E-state index contributed by atoms with van der Waals surface area (Å²) in [6.45, 7) is 2.19. The Kier molecular flexibility index (Phi) is 14.7. The smallest absolute Gasteiger partial charge is 0.321 e. The third kappa shape index (κ3) is 9.39. The van der Waals surface area contributed by atoms with Crippen LogP contribution in [0.3, 0.4) is 0 Å². The topological polar surface area (TPSA) is 309 Å². The Morgan fingerprint density at radius 2 is 1.37 bits per heavy atom. The van der Waals surface area contributed by atoms with Crippen LogP contribution in [0.15, 0.2) is 0 Å². The molecule has 46 heavy (non-hydrogen) atoms. The molecule has 2 amide bonds. The summed E-state index contributed by atoms with van der Waals surface area (Å²) >= 11 is 0. The SMILES string of the molecule is CC(=O)NC1C(O)[C@H](O)C(CO)O[C@H]1O[C@@H]1C(CO)O[C@@H](SSCC(N)C(=O)O)C(NC(C)=O)C1O[C@@H]1OC(C)[C@@H](O)C(O)C1O. The molecule has 10 unspecified atom stereocenters. The number of nitrogens with one attached hydrogen (secondary N) is 2. The molecule has 0 aliphatic carbocycles. The molecular weight excluding hydrogens is 662 g/mol. The van der Waals surface area contributed by atoms with Crippen LogP contribution in [0.25, 0.3) is 0 Å². The Hall–Kier alpha value is -1.41. The standard InChI is InChI=1S/C25H43N3O16S2/c1-7-15(33)18(36)19(37)24(40-7)44-21-14(28-9(3)32)25(46-45-6-10(26)22(38)39)42-12(5-30)20(21)43-23-13(27-8(2)31)17(35)16(34)11(4-29)41-23/h7,10-21,23-25,29-30,33-37H,4-6,26H2,1-3H3,(H,27,31)(H,28,32)(H,38,39)/t7?,10?,11?,12?,13?,14?,15-,16-,17?,18?,19?,20-,21?,23+,24+,25+/m1/s1. The normalized spacial score (nSPS) is 42.2. The van der Waals surface area contributed by atoms with Gasteiger partial charge in [-0.2, -0.15) is 0 Å². The van der Waals surface area contributed by atoms with Crippen molar-refractivity contribution in [1.82, 2.24) is 10.6 Å². The maximum Gasteiger partial charge on any atom is 0.321 e. The Labute approximate surface area is 271 Å². The van der Waals surface area contributed by atoms with E-state index < -0.39 is 128 Å². The van der Waals surface area contributed by atoms with Gasteiger partial charge in [0.05, 0.1) is 25.4 Å². The Balaban J connectivity index is 2.03. The van der Waals surface area contributed by atoms with Gasteiger partial charge < -0.3 is 80.9 Å². The molecule has 21 heteroatoms. The number of aliphatic hydroxyl groups is 7. The average Bonchev–Trinajstić information content (AvgIpc) is 2.99. The minimum Gasteiger partial charge on any atom is -0.480 e. The van der Waals surface area contributed by atoms with Gasteiger partial charge in [-0.15, -0.1) is 0 Å². The predicted octanol–water partition coefficient (Wildman–Crippen LogP) is -5.46. The third-order valence-electron chi connectivity index (χ3n) is 7.57. The van der Waals surface area contributed by atoms with E-state index in [2.05, 4.69) is 10.6 Å². The number of hydrogen-bond acceptors (Lipinski definition) is 18. The molecule has 0 radical (unpaired) electrons. The van der Waals surface area contributed by atoms with E-state index in [1.165, 1.54) is 13.8 Å². The summed E-state index contributed by atoms with van der Waals surface area (Å²) in [5.41, 5.74) is 4.51. The van der Waals surface area contributed by atoms with Crippen molar-refractivity contribution in [1.29, 1.82) is 0 Å². The van der Waals surface area contributed by atoms with Crippen molar-refractivity contribution in [2.75, 3.05) is 19.0 Å². The van der Waals surface area contributed by atoms with E-state index in [1.54, 1.807) is 0 Å². The number of carbonyl (C=O) groups is 3. The molecule has 3 saturated heterocycles. The van der Waals surface area contributed by atoms with Gasteiger partial charge in [-0.05, 0) is 6.92 Å². The zero-order valence-electron chi connectivity index (χ0n) is 25.1. The molecule has 16 atom stereocenters. The number of hydrogen-bond donors (Lipinski definition) is 11. The van der Waals surface area contributed by atoms with Gasteiger partial charge in [-0.3, -0.25) is 14.4 Å². The fourth-order valence-corrected chi connectivity index (χ4v) is 7.73. The van der Waals surface area contributed by atoms with Crippen LogP contribution in [0, 0.1) is 0 Å². The highest BCUT2D eigenvalue weighted by Crippen LogP contribution is 2.40. The molecule has 3 fully saturated rings. The summed E-state index contributed by atoms with van der Waals surface area (Å²) in [7, 11) is 1.92. The lowest BCUT2D eigenvalue weighted by Gasteiger charge is -2.50. The molecule has 266 valence electrons. The van der Waals surface area contributed by atoms with Crippen LogP contribution in [-0.2, 0) is 38.1 Å². The summed E-state index contributed by atoms with van der Waals surface area (Å²) in [6, 6.07) is -3.89. The van der Waals surface area contributed by atoms with Crippen LogP contribution in [0.1, 0.15) is 20.8 Å². The maximum absolute atomic E-state index is 12.4. The van der Waals surface area contributed by atoms with Gasteiger partial charge >= 0.3 is 5.97 Å². The van der Waals surface area contributed by atoms with Gasteiger partial charge in [0, 0.05) is 19.6 Å². The van der Waals surface area contributed by atoms with E-state index >= 15 is 0 Å². The number of carbonyl (C=O) groups excluding carboxylic acids is 2. The van der Waals surface area contributed by atoms with Gasteiger partial charge in [0.1, 0.15) is 72.5 Å². The second kappa shape index (κ2) is 17.3. The molecule has 19 nitrogen and oxygen atoms in total. The molecular formula is C25H43N3O16S2. The lowest BCUT2D eigenvalue weighted by Crippen LogP contribution is -2.70. The van der Waals surface area contributed by atoms with Crippen LogP contribution in [0.5, 0.6) is 0 Å². The van der Waals surface area contributed by atoms with E-state index in [4.69, 9.17) is 34.5 Å².